The van der Waals surface area contributed by atoms with Gasteiger partial charge in [0.05, 0.1) is 5.56 Å². The lowest BCUT2D eigenvalue weighted by atomic mass is 10.1. The Balaban J connectivity index is 1.47. The van der Waals surface area contributed by atoms with Gasteiger partial charge >= 0.3 is 6.18 Å². The Bertz CT molecular complexity index is 1210. The molecule has 2 amide bonds. The fourth-order valence-electron chi connectivity index (χ4n) is 3.62. The van der Waals surface area contributed by atoms with Crippen LogP contribution >= 0.6 is 0 Å². The molecule has 31 heavy (non-hydrogen) atoms. The van der Waals surface area contributed by atoms with Gasteiger partial charge in [-0.15, -0.1) is 0 Å². The number of para-hydroxylation sites is 1. The number of alkyl halides is 3. The van der Waals surface area contributed by atoms with E-state index in [1.54, 1.807) is 24.3 Å². The minimum absolute atomic E-state index is 0.0105. The van der Waals surface area contributed by atoms with Crippen molar-refractivity contribution in [3.63, 3.8) is 0 Å². The summed E-state index contributed by atoms with van der Waals surface area (Å²) in [6, 6.07) is 11.1. The molecule has 1 N–H and O–H groups in total. The number of pyridine rings is 1. The molecule has 0 atom stereocenters. The smallest absolute Gasteiger partial charge is 0.360 e. The van der Waals surface area contributed by atoms with Crippen LogP contribution in [0.3, 0.4) is 0 Å². The Labute approximate surface area is 174 Å². The second kappa shape index (κ2) is 7.90. The summed E-state index contributed by atoms with van der Waals surface area (Å²) >= 11 is 0. The first-order chi connectivity index (χ1) is 14.8. The summed E-state index contributed by atoms with van der Waals surface area (Å²) in [7, 11) is 0. The number of hydrogen-bond acceptors (Lipinski definition) is 3. The molecule has 4 rings (SSSR count). The molecular weight excluding hydrogens is 411 g/mol. The van der Waals surface area contributed by atoms with Crippen LogP contribution in [-0.4, -0.2) is 52.8 Å². The van der Waals surface area contributed by atoms with Gasteiger partial charge in [0.1, 0.15) is 5.56 Å². The Hall–Kier alpha value is -3.62. The van der Waals surface area contributed by atoms with E-state index < -0.39 is 23.6 Å². The second-order valence-corrected chi connectivity index (χ2v) is 7.24. The number of nitrogens with one attached hydrogen (secondary N) is 1. The fourth-order valence-corrected chi connectivity index (χ4v) is 3.62. The predicted molar refractivity (Wildman–Crippen MR) is 108 cm³/mol. The standard InChI is InChI=1S/C22H18F3N3O3/c23-22(24,25)15-5-3-4-14(12-15)20(30)27-8-10-28(11-9-27)21(31)17-13-26-18-7-2-1-6-16(18)19(17)29/h1-7,12-13H,8-11H2,(H,26,29). The molecule has 1 aliphatic rings. The van der Waals surface area contributed by atoms with E-state index in [9.17, 15) is 27.6 Å². The summed E-state index contributed by atoms with van der Waals surface area (Å²) in [4.78, 5) is 43.9. The van der Waals surface area contributed by atoms with Crippen molar-refractivity contribution in [1.29, 1.82) is 0 Å². The van der Waals surface area contributed by atoms with Crippen LogP contribution in [0.1, 0.15) is 26.3 Å². The van der Waals surface area contributed by atoms with Gasteiger partial charge in [-0.25, -0.2) is 0 Å². The van der Waals surface area contributed by atoms with Crippen molar-refractivity contribution >= 4 is 22.7 Å². The Kier molecular flexibility index (Phi) is 5.26. The molecule has 2 heterocycles. The zero-order chi connectivity index (χ0) is 22.2. The lowest BCUT2D eigenvalue weighted by molar-refractivity contribution is -0.137. The summed E-state index contributed by atoms with van der Waals surface area (Å²) in [5, 5.41) is 0.409. The zero-order valence-corrected chi connectivity index (χ0v) is 16.3. The van der Waals surface area contributed by atoms with Gasteiger partial charge in [-0.1, -0.05) is 18.2 Å². The molecule has 1 fully saturated rings. The number of aromatic amines is 1. The minimum atomic E-state index is -4.53. The van der Waals surface area contributed by atoms with E-state index in [1.807, 2.05) is 0 Å². The van der Waals surface area contributed by atoms with Gasteiger partial charge in [-0.2, -0.15) is 13.2 Å². The lowest BCUT2D eigenvalue weighted by Crippen LogP contribution is -2.51. The van der Waals surface area contributed by atoms with Gasteiger partial charge < -0.3 is 14.8 Å². The van der Waals surface area contributed by atoms with Crippen LogP contribution in [0.2, 0.25) is 0 Å². The topological polar surface area (TPSA) is 73.5 Å². The maximum Gasteiger partial charge on any atom is 0.416 e. The number of benzene rings is 2. The molecule has 0 unspecified atom stereocenters. The van der Waals surface area contributed by atoms with E-state index >= 15 is 0 Å². The molecule has 3 aromatic rings. The number of carbonyl (C=O) groups excluding carboxylic acids is 2. The SMILES string of the molecule is O=C(c1cccc(C(F)(F)F)c1)N1CCN(C(=O)c2c[nH]c3ccccc3c2=O)CC1. The lowest BCUT2D eigenvalue weighted by Gasteiger charge is -2.34. The Morgan fingerprint density at radius 3 is 2.19 bits per heavy atom. The van der Waals surface area contributed by atoms with Crippen molar-refractivity contribution in [3.8, 4) is 0 Å². The molecule has 160 valence electrons. The largest absolute Gasteiger partial charge is 0.416 e. The monoisotopic (exact) mass is 429 g/mol. The van der Waals surface area contributed by atoms with Crippen molar-refractivity contribution < 1.29 is 22.8 Å². The van der Waals surface area contributed by atoms with Crippen LogP contribution in [-0.2, 0) is 6.18 Å². The van der Waals surface area contributed by atoms with E-state index in [2.05, 4.69) is 4.98 Å². The fraction of sp³-hybridized carbons (Fsp3) is 0.227. The Morgan fingerprint density at radius 1 is 0.871 bits per heavy atom. The number of rotatable bonds is 2. The predicted octanol–water partition coefficient (Wildman–Crippen LogP) is 3.15. The average molecular weight is 429 g/mol. The van der Waals surface area contributed by atoms with Crippen LogP contribution < -0.4 is 5.43 Å². The third-order valence-corrected chi connectivity index (χ3v) is 5.31. The van der Waals surface area contributed by atoms with Crippen molar-refractivity contribution in [2.24, 2.45) is 0 Å². The highest BCUT2D eigenvalue weighted by Crippen LogP contribution is 2.29. The van der Waals surface area contributed by atoms with E-state index in [4.69, 9.17) is 0 Å². The number of nitrogens with zero attached hydrogens (tertiary/aromatic N) is 2. The van der Waals surface area contributed by atoms with E-state index in [1.165, 1.54) is 28.1 Å². The number of fused-ring (bicyclic) bond motifs is 1. The molecule has 0 saturated carbocycles. The van der Waals surface area contributed by atoms with Crippen molar-refractivity contribution in [3.05, 3.63) is 81.6 Å². The number of H-pyrrole nitrogens is 1. The van der Waals surface area contributed by atoms with Crippen molar-refractivity contribution in [1.82, 2.24) is 14.8 Å². The first kappa shape index (κ1) is 20.6. The summed E-state index contributed by atoms with van der Waals surface area (Å²) in [6.45, 7) is 0.671. The van der Waals surface area contributed by atoms with E-state index in [0.717, 1.165) is 12.1 Å². The zero-order valence-electron chi connectivity index (χ0n) is 16.3. The molecule has 6 nitrogen and oxygen atoms in total. The van der Waals surface area contributed by atoms with Gasteiger partial charge in [0.2, 0.25) is 5.43 Å². The minimum Gasteiger partial charge on any atom is -0.360 e. The van der Waals surface area contributed by atoms with Gasteiger partial charge in [-0.05, 0) is 30.3 Å². The molecule has 0 bridgehead atoms. The first-order valence-corrected chi connectivity index (χ1v) is 9.62. The number of piperazine rings is 1. The third-order valence-electron chi connectivity index (χ3n) is 5.31. The summed E-state index contributed by atoms with van der Waals surface area (Å²) < 4.78 is 38.7. The number of halogens is 3. The summed E-state index contributed by atoms with van der Waals surface area (Å²) in [5.41, 5.74) is -0.679. The molecule has 1 aliphatic heterocycles. The molecule has 0 radical (unpaired) electrons. The van der Waals surface area contributed by atoms with E-state index in [-0.39, 0.29) is 42.7 Å². The second-order valence-electron chi connectivity index (χ2n) is 7.24. The normalized spacial score (nSPS) is 14.7. The molecular formula is C22H18F3N3O3. The van der Waals surface area contributed by atoms with Gasteiger partial charge in [0.25, 0.3) is 11.8 Å². The molecule has 1 aromatic heterocycles. The van der Waals surface area contributed by atoms with Gasteiger partial charge in [0.15, 0.2) is 0 Å². The number of amides is 2. The molecule has 0 spiro atoms. The number of hydrogen-bond donors (Lipinski definition) is 1. The highest BCUT2D eigenvalue weighted by atomic mass is 19.4. The van der Waals surface area contributed by atoms with Crippen LogP contribution in [0.5, 0.6) is 0 Å². The number of carbonyl (C=O) groups is 2. The van der Waals surface area contributed by atoms with Crippen LogP contribution in [0.15, 0.2) is 59.5 Å². The quantitative estimate of drug-likeness (QED) is 0.680. The summed E-state index contributed by atoms with van der Waals surface area (Å²) in [6.07, 6.45) is -3.15. The highest BCUT2D eigenvalue weighted by Gasteiger charge is 2.32. The highest BCUT2D eigenvalue weighted by molar-refractivity contribution is 5.98. The van der Waals surface area contributed by atoms with Crippen molar-refractivity contribution in [2.45, 2.75) is 6.18 Å². The number of aromatic nitrogens is 1. The van der Waals surface area contributed by atoms with Gasteiger partial charge in [-0.3, -0.25) is 14.4 Å². The van der Waals surface area contributed by atoms with Crippen molar-refractivity contribution in [2.75, 3.05) is 26.2 Å². The van der Waals surface area contributed by atoms with Crippen LogP contribution in [0, 0.1) is 0 Å². The third kappa shape index (κ3) is 4.03. The van der Waals surface area contributed by atoms with E-state index in [0.29, 0.717) is 10.9 Å². The van der Waals surface area contributed by atoms with Crippen LogP contribution in [0.25, 0.3) is 10.9 Å². The Morgan fingerprint density at radius 2 is 1.52 bits per heavy atom. The molecule has 1 saturated heterocycles. The van der Waals surface area contributed by atoms with Gasteiger partial charge in [0, 0.05) is 48.8 Å². The van der Waals surface area contributed by atoms with Crippen LogP contribution in [0.4, 0.5) is 13.2 Å². The maximum absolute atomic E-state index is 12.9. The molecule has 2 aromatic carbocycles. The average Bonchev–Trinajstić information content (AvgIpc) is 2.78. The maximum atomic E-state index is 12.9. The molecule has 0 aliphatic carbocycles. The first-order valence-electron chi connectivity index (χ1n) is 9.62. The molecule has 9 heteroatoms. The summed E-state index contributed by atoms with van der Waals surface area (Å²) in [5.74, 6) is -0.972.